The molecule has 0 N–H and O–H groups in total. The zero-order valence-electron chi connectivity index (χ0n) is 11.2. The summed E-state index contributed by atoms with van der Waals surface area (Å²) in [5.74, 6) is 0. The van der Waals surface area contributed by atoms with Gasteiger partial charge in [-0.2, -0.15) is 0 Å². The molecule has 0 aliphatic carbocycles. The van der Waals surface area contributed by atoms with Crippen LogP contribution in [-0.2, 0) is 0 Å². The van der Waals surface area contributed by atoms with Crippen LogP contribution in [0.25, 0.3) is 0 Å². The van der Waals surface area contributed by atoms with Crippen molar-refractivity contribution in [3.63, 3.8) is 0 Å². The molecule has 4 heteroatoms. The first-order chi connectivity index (χ1) is 9.83. The molecule has 1 heterocycles. The predicted octanol–water partition coefficient (Wildman–Crippen LogP) is 3.15. The SMILES string of the molecule is CN1N=C(c2ccccc2)C[Se]C1=Nc1ccccc1. The van der Waals surface area contributed by atoms with Crippen molar-refractivity contribution in [1.82, 2.24) is 5.01 Å². The van der Waals surface area contributed by atoms with Crippen LogP contribution in [0.3, 0.4) is 0 Å². The van der Waals surface area contributed by atoms with E-state index in [9.17, 15) is 0 Å². The Hall–Kier alpha value is -1.90. The zero-order valence-corrected chi connectivity index (χ0v) is 12.9. The second kappa shape index (κ2) is 6.04. The molecule has 0 spiro atoms. The minimum atomic E-state index is 0.317. The fraction of sp³-hybridized carbons (Fsp3) is 0.125. The Bertz CT molecular complexity index is 635. The number of hydrogen-bond acceptors (Lipinski definition) is 2. The number of hydrazone groups is 1. The molecule has 0 radical (unpaired) electrons. The van der Waals surface area contributed by atoms with E-state index >= 15 is 0 Å². The number of benzene rings is 2. The molecule has 1 aliphatic heterocycles. The quantitative estimate of drug-likeness (QED) is 0.779. The molecule has 0 amide bonds. The van der Waals surface area contributed by atoms with Gasteiger partial charge in [-0.1, -0.05) is 0 Å². The molecule has 0 atom stereocenters. The minimum absolute atomic E-state index is 0.317. The van der Waals surface area contributed by atoms with Gasteiger partial charge in [-0.05, 0) is 0 Å². The monoisotopic (exact) mass is 329 g/mol. The van der Waals surface area contributed by atoms with E-state index in [0.29, 0.717) is 15.0 Å². The van der Waals surface area contributed by atoms with Crippen LogP contribution in [0.4, 0.5) is 5.69 Å². The zero-order chi connectivity index (χ0) is 13.8. The number of hydrogen-bond donors (Lipinski definition) is 0. The number of amidine groups is 1. The van der Waals surface area contributed by atoms with Crippen molar-refractivity contribution >= 4 is 31.1 Å². The molecule has 0 aromatic heterocycles. The molecular weight excluding hydrogens is 313 g/mol. The summed E-state index contributed by atoms with van der Waals surface area (Å²) in [6, 6.07) is 20.4. The van der Waals surface area contributed by atoms with E-state index in [1.807, 2.05) is 48.5 Å². The van der Waals surface area contributed by atoms with Crippen molar-refractivity contribution in [2.24, 2.45) is 10.1 Å². The number of rotatable bonds is 2. The van der Waals surface area contributed by atoms with E-state index in [1.165, 1.54) is 5.56 Å². The molecular formula is C16H15N3Se. The van der Waals surface area contributed by atoms with Crippen molar-refractivity contribution in [3.05, 3.63) is 66.2 Å². The van der Waals surface area contributed by atoms with E-state index in [-0.39, 0.29) is 0 Å². The molecule has 0 fully saturated rings. The summed E-state index contributed by atoms with van der Waals surface area (Å²) in [6.07, 6.45) is 0. The third-order valence-corrected chi connectivity index (χ3v) is 5.14. The topological polar surface area (TPSA) is 28.0 Å². The Balaban J connectivity index is 1.84. The van der Waals surface area contributed by atoms with Crippen LogP contribution in [0.1, 0.15) is 5.56 Å². The van der Waals surface area contributed by atoms with Gasteiger partial charge in [-0.25, -0.2) is 0 Å². The maximum absolute atomic E-state index is 4.69. The fourth-order valence-corrected chi connectivity index (χ4v) is 3.83. The van der Waals surface area contributed by atoms with E-state index < -0.39 is 0 Å². The molecule has 20 heavy (non-hydrogen) atoms. The molecule has 0 bridgehead atoms. The second-order valence-corrected chi connectivity index (χ2v) is 6.43. The van der Waals surface area contributed by atoms with Crippen molar-refractivity contribution in [2.45, 2.75) is 5.32 Å². The van der Waals surface area contributed by atoms with Gasteiger partial charge in [0.25, 0.3) is 0 Å². The van der Waals surface area contributed by atoms with Gasteiger partial charge in [-0.15, -0.1) is 0 Å². The normalized spacial score (nSPS) is 17.1. The van der Waals surface area contributed by atoms with Crippen LogP contribution >= 0.6 is 0 Å². The van der Waals surface area contributed by atoms with Crippen molar-refractivity contribution < 1.29 is 0 Å². The summed E-state index contributed by atoms with van der Waals surface area (Å²) in [5, 5.41) is 7.57. The summed E-state index contributed by atoms with van der Waals surface area (Å²) in [5.41, 5.74) is 3.36. The summed E-state index contributed by atoms with van der Waals surface area (Å²) in [6.45, 7) is 0. The Morgan fingerprint density at radius 2 is 1.65 bits per heavy atom. The standard InChI is InChI=1S/C16H15N3Se/c1-19-16(17-14-10-6-3-7-11-14)20-12-15(18-19)13-8-4-2-5-9-13/h2-11H,12H2,1H3. The van der Waals surface area contributed by atoms with Gasteiger partial charge in [0.15, 0.2) is 0 Å². The van der Waals surface area contributed by atoms with Gasteiger partial charge in [0.2, 0.25) is 0 Å². The number of nitrogens with zero attached hydrogens (tertiary/aromatic N) is 3. The van der Waals surface area contributed by atoms with Crippen LogP contribution < -0.4 is 0 Å². The van der Waals surface area contributed by atoms with Crippen LogP contribution in [0.5, 0.6) is 0 Å². The van der Waals surface area contributed by atoms with E-state index in [2.05, 4.69) is 29.4 Å². The number of para-hydroxylation sites is 1. The molecule has 2 aromatic carbocycles. The van der Waals surface area contributed by atoms with Gasteiger partial charge in [0.05, 0.1) is 0 Å². The predicted molar refractivity (Wildman–Crippen MR) is 84.8 cm³/mol. The van der Waals surface area contributed by atoms with Crippen molar-refractivity contribution in [1.29, 1.82) is 0 Å². The third-order valence-electron chi connectivity index (χ3n) is 2.97. The molecule has 3 nitrogen and oxygen atoms in total. The van der Waals surface area contributed by atoms with E-state index in [4.69, 9.17) is 4.99 Å². The summed E-state index contributed by atoms with van der Waals surface area (Å²) >= 11 is 0.317. The molecule has 3 rings (SSSR count). The Kier molecular flexibility index (Phi) is 3.95. The van der Waals surface area contributed by atoms with Crippen LogP contribution in [0, 0.1) is 0 Å². The Labute approximate surface area is 125 Å². The summed E-state index contributed by atoms with van der Waals surface area (Å²) in [7, 11) is 1.98. The second-order valence-electron chi connectivity index (χ2n) is 4.45. The molecule has 2 aromatic rings. The molecule has 0 unspecified atom stereocenters. The van der Waals surface area contributed by atoms with Gasteiger partial charge >= 0.3 is 125 Å². The van der Waals surface area contributed by atoms with Crippen LogP contribution in [0.15, 0.2) is 70.8 Å². The van der Waals surface area contributed by atoms with Gasteiger partial charge in [-0.3, -0.25) is 0 Å². The Morgan fingerprint density at radius 1 is 1.00 bits per heavy atom. The first-order valence-electron chi connectivity index (χ1n) is 6.46. The van der Waals surface area contributed by atoms with Crippen LogP contribution in [-0.4, -0.2) is 37.5 Å². The maximum atomic E-state index is 4.69. The van der Waals surface area contributed by atoms with Crippen LogP contribution in [0.2, 0.25) is 5.32 Å². The van der Waals surface area contributed by atoms with Gasteiger partial charge in [0.1, 0.15) is 0 Å². The summed E-state index contributed by atoms with van der Waals surface area (Å²) in [4.78, 5) is 4.69. The average Bonchev–Trinajstić information content (AvgIpc) is 2.51. The van der Waals surface area contributed by atoms with E-state index in [0.717, 1.165) is 21.5 Å². The van der Waals surface area contributed by atoms with Crippen molar-refractivity contribution in [3.8, 4) is 0 Å². The molecule has 0 saturated carbocycles. The van der Waals surface area contributed by atoms with Crippen molar-refractivity contribution in [2.75, 3.05) is 7.05 Å². The van der Waals surface area contributed by atoms with Gasteiger partial charge < -0.3 is 0 Å². The van der Waals surface area contributed by atoms with Gasteiger partial charge in [0, 0.05) is 0 Å². The first-order valence-corrected chi connectivity index (χ1v) is 8.53. The number of aliphatic imine (C=N–C) groups is 1. The Morgan fingerprint density at radius 3 is 2.30 bits per heavy atom. The molecule has 100 valence electrons. The van der Waals surface area contributed by atoms with E-state index in [1.54, 1.807) is 0 Å². The fourth-order valence-electron chi connectivity index (χ4n) is 1.97. The molecule has 1 aliphatic rings. The summed E-state index contributed by atoms with van der Waals surface area (Å²) < 4.78 is 1.07. The average molecular weight is 328 g/mol. The third kappa shape index (κ3) is 2.98. The first kappa shape index (κ1) is 13.1. The molecule has 0 saturated heterocycles.